The van der Waals surface area contributed by atoms with E-state index in [0.717, 1.165) is 56.2 Å². The van der Waals surface area contributed by atoms with Crippen molar-refractivity contribution in [3.63, 3.8) is 0 Å². The minimum Gasteiger partial charge on any atom is -0.475 e. The summed E-state index contributed by atoms with van der Waals surface area (Å²) in [4.78, 5) is 28.5. The van der Waals surface area contributed by atoms with E-state index in [1.54, 1.807) is 11.9 Å². The second kappa shape index (κ2) is 12.2. The highest BCUT2D eigenvalue weighted by molar-refractivity contribution is 5.85. The zero-order chi connectivity index (χ0) is 30.2. The molecule has 0 unspecified atom stereocenters. The van der Waals surface area contributed by atoms with Gasteiger partial charge in [-0.3, -0.25) is 4.84 Å². The number of carboxylic acids is 1. The number of aliphatic hydroxyl groups is 1. The number of likely N-dealkylation sites (N-methyl/N-ethyl adjacent to an activating group) is 1. The quantitative estimate of drug-likeness (QED) is 0.168. The fourth-order valence-corrected chi connectivity index (χ4v) is 8.89. The van der Waals surface area contributed by atoms with Crippen LogP contribution in [0.5, 0.6) is 0 Å². The Morgan fingerprint density at radius 1 is 1.15 bits per heavy atom. The fraction of sp³-hybridized carbons (Fsp3) is 0.833. The molecule has 41 heavy (non-hydrogen) atoms. The van der Waals surface area contributed by atoms with Gasteiger partial charge in [-0.25, -0.2) is 9.59 Å². The Morgan fingerprint density at radius 3 is 2.49 bits per heavy atom. The van der Waals surface area contributed by atoms with E-state index in [2.05, 4.69) is 37.3 Å². The SMILES string of the molecule is C/C(=N\OC(=O)N(C)C[C@@H]1CCCN1)[C@H]1CC[C@H]2[C@@H]3CC=C4C[C@@H](O)CC[C@]4(C)[C@H]3CC[C@]12C.O=C(O)C(F)(F)F. The smallest absolute Gasteiger partial charge is 0.475 e. The van der Waals surface area contributed by atoms with Gasteiger partial charge in [0.2, 0.25) is 0 Å². The van der Waals surface area contributed by atoms with E-state index in [0.29, 0.717) is 24.4 Å². The van der Waals surface area contributed by atoms with E-state index in [-0.39, 0.29) is 23.0 Å². The minimum absolute atomic E-state index is 0.143. The first-order valence-electron chi connectivity index (χ1n) is 15.0. The summed E-state index contributed by atoms with van der Waals surface area (Å²) in [6.07, 6.45) is 8.22. The van der Waals surface area contributed by atoms with Crippen LogP contribution in [0, 0.1) is 34.5 Å². The first kappa shape index (κ1) is 31.8. The molecule has 8 atom stereocenters. The summed E-state index contributed by atoms with van der Waals surface area (Å²) < 4.78 is 31.7. The highest BCUT2D eigenvalue weighted by Gasteiger charge is 2.59. The van der Waals surface area contributed by atoms with Gasteiger partial charge in [-0.15, -0.1) is 0 Å². The number of halogens is 3. The number of fused-ring (bicyclic) bond motifs is 5. The van der Waals surface area contributed by atoms with E-state index in [4.69, 9.17) is 14.7 Å². The van der Waals surface area contributed by atoms with Gasteiger partial charge in [-0.05, 0) is 106 Å². The van der Waals surface area contributed by atoms with E-state index in [1.807, 2.05) is 0 Å². The maximum Gasteiger partial charge on any atom is 0.490 e. The van der Waals surface area contributed by atoms with Gasteiger partial charge in [0, 0.05) is 25.6 Å². The standard InChI is InChI=1S/C28H45N3O3.C2HF3O2/c1-18(30-34-26(33)31(4)17-20-6-5-15-29-20)23-9-10-24-22-8-7-19-16-21(32)11-13-27(19,2)25(22)12-14-28(23,24)3;3-2(4,5)1(6)7/h7,20-25,29,32H,5-6,8-17H2,1-4H3;(H,6,7)/b30-18+;/t20-,21-,22-,23+,24-,25-,27-,28+;/m0./s1. The first-order chi connectivity index (χ1) is 19.2. The average molecular weight is 586 g/mol. The van der Waals surface area contributed by atoms with Crippen LogP contribution in [0.4, 0.5) is 18.0 Å². The highest BCUT2D eigenvalue weighted by Crippen LogP contribution is 2.66. The van der Waals surface area contributed by atoms with Gasteiger partial charge in [0.25, 0.3) is 0 Å². The Bertz CT molecular complexity index is 1040. The van der Waals surface area contributed by atoms with Gasteiger partial charge < -0.3 is 20.4 Å². The molecule has 0 aromatic rings. The monoisotopic (exact) mass is 585 g/mol. The molecule has 0 aromatic carbocycles. The number of nitrogens with zero attached hydrogens (tertiary/aromatic N) is 2. The lowest BCUT2D eigenvalue weighted by Gasteiger charge is -2.58. The van der Waals surface area contributed by atoms with Crippen LogP contribution >= 0.6 is 0 Å². The fourth-order valence-electron chi connectivity index (χ4n) is 8.89. The summed E-state index contributed by atoms with van der Waals surface area (Å²) >= 11 is 0. The van der Waals surface area contributed by atoms with Crippen LogP contribution in [-0.2, 0) is 9.63 Å². The van der Waals surface area contributed by atoms with E-state index < -0.39 is 12.1 Å². The number of hydrogen-bond donors (Lipinski definition) is 3. The molecule has 4 fully saturated rings. The molecule has 0 radical (unpaired) electrons. The van der Waals surface area contributed by atoms with Crippen LogP contribution in [0.1, 0.15) is 85.0 Å². The number of carbonyl (C=O) groups is 2. The molecule has 5 aliphatic rings. The second-order valence-electron chi connectivity index (χ2n) is 13.4. The molecular formula is C30H46F3N3O5. The summed E-state index contributed by atoms with van der Waals surface area (Å²) in [6, 6.07) is 0.367. The molecule has 11 heteroatoms. The molecule has 5 rings (SSSR count). The number of oxime groups is 1. The molecule has 3 N–H and O–H groups in total. The lowest BCUT2D eigenvalue weighted by atomic mass is 9.47. The zero-order valence-electron chi connectivity index (χ0n) is 24.7. The van der Waals surface area contributed by atoms with Crippen LogP contribution in [0.15, 0.2) is 16.8 Å². The van der Waals surface area contributed by atoms with Crippen molar-refractivity contribution in [1.29, 1.82) is 0 Å². The molecule has 4 aliphatic carbocycles. The molecule has 0 bridgehead atoms. The Labute approximate surface area is 240 Å². The van der Waals surface area contributed by atoms with Crippen LogP contribution in [0.3, 0.4) is 0 Å². The van der Waals surface area contributed by atoms with Gasteiger partial charge in [0.1, 0.15) is 0 Å². The Kier molecular flexibility index (Phi) is 9.48. The number of amides is 1. The lowest BCUT2D eigenvalue weighted by Crippen LogP contribution is -2.50. The molecule has 0 aromatic heterocycles. The predicted octanol–water partition coefficient (Wildman–Crippen LogP) is 5.76. The number of allylic oxidation sites excluding steroid dienone is 1. The summed E-state index contributed by atoms with van der Waals surface area (Å²) in [7, 11) is 1.80. The number of aliphatic carboxylic acids is 1. The van der Waals surface area contributed by atoms with Crippen LogP contribution in [0.2, 0.25) is 0 Å². The number of carbonyl (C=O) groups excluding carboxylic acids is 1. The first-order valence-corrected chi connectivity index (χ1v) is 15.0. The molecule has 3 saturated carbocycles. The van der Waals surface area contributed by atoms with Crippen LogP contribution < -0.4 is 5.32 Å². The summed E-state index contributed by atoms with van der Waals surface area (Å²) in [5, 5.41) is 25.2. The van der Waals surface area contributed by atoms with E-state index in [1.165, 1.54) is 37.7 Å². The maximum absolute atomic E-state index is 12.5. The topological polar surface area (TPSA) is 111 Å². The van der Waals surface area contributed by atoms with Gasteiger partial charge >= 0.3 is 18.2 Å². The summed E-state index contributed by atoms with van der Waals surface area (Å²) in [5.41, 5.74) is 3.03. The number of rotatable bonds is 4. The normalized spacial score (nSPS) is 38.4. The van der Waals surface area contributed by atoms with Crippen molar-refractivity contribution in [2.45, 2.75) is 103 Å². The third-order valence-corrected chi connectivity index (χ3v) is 11.1. The Hall–Kier alpha value is -2.14. The number of nitrogens with one attached hydrogen (secondary N) is 1. The maximum atomic E-state index is 12.5. The number of alkyl halides is 3. The zero-order valence-corrected chi connectivity index (χ0v) is 24.7. The van der Waals surface area contributed by atoms with Crippen LogP contribution in [0.25, 0.3) is 0 Å². The minimum atomic E-state index is -5.08. The molecular weight excluding hydrogens is 539 g/mol. The molecule has 1 heterocycles. The summed E-state index contributed by atoms with van der Waals surface area (Å²) in [6.45, 7) is 8.74. The second-order valence-corrected chi connectivity index (χ2v) is 13.4. The van der Waals surface area contributed by atoms with E-state index >= 15 is 0 Å². The number of carboxylic acid groups (broad SMARTS) is 1. The Morgan fingerprint density at radius 2 is 1.85 bits per heavy atom. The van der Waals surface area contributed by atoms with Crippen molar-refractivity contribution in [3.05, 3.63) is 11.6 Å². The van der Waals surface area contributed by atoms with Crippen molar-refractivity contribution in [1.82, 2.24) is 10.2 Å². The molecule has 1 aliphatic heterocycles. The predicted molar refractivity (Wildman–Crippen MR) is 148 cm³/mol. The molecule has 8 nitrogen and oxygen atoms in total. The molecule has 1 amide bonds. The van der Waals surface area contributed by atoms with Gasteiger partial charge in [0.05, 0.1) is 11.8 Å². The van der Waals surface area contributed by atoms with Gasteiger partial charge in [-0.2, -0.15) is 13.2 Å². The van der Waals surface area contributed by atoms with Crippen molar-refractivity contribution in [2.75, 3.05) is 20.1 Å². The van der Waals surface area contributed by atoms with Crippen molar-refractivity contribution < 1.29 is 37.8 Å². The van der Waals surface area contributed by atoms with Crippen molar-refractivity contribution >= 4 is 17.8 Å². The lowest BCUT2D eigenvalue weighted by molar-refractivity contribution is -0.192. The number of hydrogen-bond acceptors (Lipinski definition) is 6. The summed E-state index contributed by atoms with van der Waals surface area (Å²) in [5.74, 6) is -0.195. The van der Waals surface area contributed by atoms with Crippen molar-refractivity contribution in [3.8, 4) is 0 Å². The molecule has 0 spiro atoms. The molecule has 232 valence electrons. The van der Waals surface area contributed by atoms with Crippen molar-refractivity contribution in [2.24, 2.45) is 39.7 Å². The third kappa shape index (κ3) is 6.60. The average Bonchev–Trinajstić information content (AvgIpc) is 3.54. The largest absolute Gasteiger partial charge is 0.490 e. The third-order valence-electron chi connectivity index (χ3n) is 11.1. The number of aliphatic hydroxyl groups excluding tert-OH is 1. The molecule has 1 saturated heterocycles. The van der Waals surface area contributed by atoms with Gasteiger partial charge in [0.15, 0.2) is 0 Å². The Balaban J connectivity index is 0.000000493. The van der Waals surface area contributed by atoms with Gasteiger partial charge in [-0.1, -0.05) is 30.7 Å². The van der Waals surface area contributed by atoms with Crippen LogP contribution in [-0.4, -0.2) is 71.3 Å². The van der Waals surface area contributed by atoms with E-state index in [9.17, 15) is 23.1 Å². The highest BCUT2D eigenvalue weighted by atomic mass is 19.4.